The summed E-state index contributed by atoms with van der Waals surface area (Å²) in [5.74, 6) is -0.434. The molecule has 0 aromatic heterocycles. The van der Waals surface area contributed by atoms with Crippen LogP contribution >= 0.6 is 23.2 Å². The first-order valence-corrected chi connectivity index (χ1v) is 6.16. The van der Waals surface area contributed by atoms with Gasteiger partial charge in [0.2, 0.25) is 0 Å². The van der Waals surface area contributed by atoms with Crippen LogP contribution in [-0.2, 0) is 4.74 Å². The Hall–Kier alpha value is -0.930. The highest BCUT2D eigenvalue weighted by atomic mass is 35.5. The Balaban J connectivity index is 2.83. The van der Waals surface area contributed by atoms with E-state index in [4.69, 9.17) is 33.7 Å². The number of hydrogen-bond acceptors (Lipinski definition) is 3. The van der Waals surface area contributed by atoms with Crippen molar-refractivity contribution in [2.75, 3.05) is 5.73 Å². The van der Waals surface area contributed by atoms with Crippen molar-refractivity contribution in [1.29, 1.82) is 0 Å². The summed E-state index contributed by atoms with van der Waals surface area (Å²) < 4.78 is 5.23. The maximum Gasteiger partial charge on any atom is 0.338 e. The van der Waals surface area contributed by atoms with Crippen molar-refractivity contribution in [2.45, 2.75) is 32.8 Å². The number of carbonyl (C=O) groups is 1. The molecule has 0 heterocycles. The Morgan fingerprint density at radius 2 is 2.12 bits per heavy atom. The number of benzene rings is 1. The Bertz CT molecular complexity index is 398. The minimum atomic E-state index is -0.434. The van der Waals surface area contributed by atoms with Gasteiger partial charge in [-0.05, 0) is 25.5 Å². The lowest BCUT2D eigenvalue weighted by molar-refractivity contribution is 0.0323. The number of esters is 1. The maximum atomic E-state index is 11.8. The summed E-state index contributed by atoms with van der Waals surface area (Å²) in [5.41, 5.74) is 6.22. The molecule has 0 fully saturated rings. The van der Waals surface area contributed by atoms with Crippen molar-refractivity contribution in [3.05, 3.63) is 27.7 Å². The van der Waals surface area contributed by atoms with Gasteiger partial charge in [-0.1, -0.05) is 36.5 Å². The zero-order chi connectivity index (χ0) is 13.0. The van der Waals surface area contributed by atoms with Crippen LogP contribution in [0.1, 0.15) is 37.0 Å². The van der Waals surface area contributed by atoms with Gasteiger partial charge in [-0.15, -0.1) is 0 Å². The Morgan fingerprint density at radius 3 is 2.65 bits per heavy atom. The zero-order valence-electron chi connectivity index (χ0n) is 9.80. The molecule has 1 aromatic carbocycles. The number of rotatable bonds is 4. The zero-order valence-corrected chi connectivity index (χ0v) is 11.3. The molecule has 5 heteroatoms. The fourth-order valence-corrected chi connectivity index (χ4v) is 1.78. The number of anilines is 1. The molecular formula is C12H15Cl2NO2. The van der Waals surface area contributed by atoms with Gasteiger partial charge >= 0.3 is 5.97 Å². The van der Waals surface area contributed by atoms with Crippen LogP contribution in [0, 0.1) is 0 Å². The fraction of sp³-hybridized carbons (Fsp3) is 0.417. The minimum Gasteiger partial charge on any atom is -0.459 e. The fourth-order valence-electron chi connectivity index (χ4n) is 1.44. The number of nitrogens with two attached hydrogens (primary N) is 1. The van der Waals surface area contributed by atoms with Crippen molar-refractivity contribution in [3.63, 3.8) is 0 Å². The molecule has 1 aromatic rings. The van der Waals surface area contributed by atoms with Crippen molar-refractivity contribution < 1.29 is 9.53 Å². The molecule has 0 spiro atoms. The molecule has 1 rings (SSSR count). The highest BCUT2D eigenvalue weighted by Gasteiger charge is 2.14. The molecular weight excluding hydrogens is 261 g/mol. The number of hydrogen-bond donors (Lipinski definition) is 1. The van der Waals surface area contributed by atoms with E-state index < -0.39 is 5.97 Å². The third-order valence-electron chi connectivity index (χ3n) is 2.30. The average molecular weight is 276 g/mol. The summed E-state index contributed by atoms with van der Waals surface area (Å²) in [4.78, 5) is 11.8. The second-order valence-corrected chi connectivity index (χ2v) is 4.65. The van der Waals surface area contributed by atoms with E-state index in [2.05, 4.69) is 0 Å². The largest absolute Gasteiger partial charge is 0.459 e. The van der Waals surface area contributed by atoms with Gasteiger partial charge in [-0.2, -0.15) is 0 Å². The first-order valence-electron chi connectivity index (χ1n) is 5.41. The summed E-state index contributed by atoms with van der Waals surface area (Å²) in [7, 11) is 0. The predicted octanol–water partition coefficient (Wildman–Crippen LogP) is 3.92. The highest BCUT2D eigenvalue weighted by molar-refractivity contribution is 6.43. The van der Waals surface area contributed by atoms with E-state index in [0.717, 1.165) is 12.8 Å². The van der Waals surface area contributed by atoms with E-state index in [0.29, 0.717) is 5.56 Å². The molecule has 1 unspecified atom stereocenters. The minimum absolute atomic E-state index is 0.122. The van der Waals surface area contributed by atoms with Crippen LogP contribution in [0.5, 0.6) is 0 Å². The van der Waals surface area contributed by atoms with Crippen LogP contribution in [0.25, 0.3) is 0 Å². The summed E-state index contributed by atoms with van der Waals surface area (Å²) in [6.07, 6.45) is 1.66. The molecule has 17 heavy (non-hydrogen) atoms. The molecule has 2 N–H and O–H groups in total. The summed E-state index contributed by atoms with van der Waals surface area (Å²) in [5, 5.41) is 0.506. The third-order valence-corrected chi connectivity index (χ3v) is 3.11. The number of nitrogen functional groups attached to an aromatic ring is 1. The van der Waals surface area contributed by atoms with Crippen LogP contribution in [0.15, 0.2) is 12.1 Å². The van der Waals surface area contributed by atoms with Crippen molar-refractivity contribution >= 4 is 34.9 Å². The Labute approximate surface area is 111 Å². The molecule has 0 amide bonds. The van der Waals surface area contributed by atoms with E-state index >= 15 is 0 Å². The first kappa shape index (κ1) is 14.1. The maximum absolute atomic E-state index is 11.8. The molecule has 3 nitrogen and oxygen atoms in total. The number of ether oxygens (including phenoxy) is 1. The van der Waals surface area contributed by atoms with Crippen LogP contribution < -0.4 is 5.73 Å². The second kappa shape index (κ2) is 6.12. The highest BCUT2D eigenvalue weighted by Crippen LogP contribution is 2.29. The van der Waals surface area contributed by atoms with Crippen molar-refractivity contribution in [1.82, 2.24) is 0 Å². The lowest BCUT2D eigenvalue weighted by Crippen LogP contribution is -2.15. The molecule has 0 aliphatic carbocycles. The van der Waals surface area contributed by atoms with Gasteiger partial charge in [0, 0.05) is 0 Å². The second-order valence-electron chi connectivity index (χ2n) is 3.87. The summed E-state index contributed by atoms with van der Waals surface area (Å²) in [6.45, 7) is 3.88. The van der Waals surface area contributed by atoms with Gasteiger partial charge in [0.15, 0.2) is 0 Å². The van der Waals surface area contributed by atoms with E-state index in [1.54, 1.807) is 0 Å². The van der Waals surface area contributed by atoms with Gasteiger partial charge in [-0.25, -0.2) is 4.79 Å². The molecule has 0 saturated heterocycles. The van der Waals surface area contributed by atoms with Gasteiger partial charge in [0.05, 0.1) is 27.4 Å². The monoisotopic (exact) mass is 275 g/mol. The number of halogens is 2. The van der Waals surface area contributed by atoms with E-state index in [1.807, 2.05) is 13.8 Å². The molecule has 0 bridgehead atoms. The quantitative estimate of drug-likeness (QED) is 0.669. The van der Waals surface area contributed by atoms with E-state index in [-0.39, 0.29) is 21.8 Å². The normalized spacial score (nSPS) is 12.2. The smallest absolute Gasteiger partial charge is 0.338 e. The van der Waals surface area contributed by atoms with Gasteiger partial charge < -0.3 is 10.5 Å². The van der Waals surface area contributed by atoms with Crippen molar-refractivity contribution in [3.8, 4) is 0 Å². The standard InChI is InChI=1S/C12H15Cl2NO2/c1-3-4-7(2)17-12(16)8-5-9(13)11(14)10(15)6-8/h5-7H,3-4,15H2,1-2H3. The number of carbonyl (C=O) groups excluding carboxylic acids is 1. The SMILES string of the molecule is CCCC(C)OC(=O)c1cc(N)c(Cl)c(Cl)c1. The van der Waals surface area contributed by atoms with E-state index in [9.17, 15) is 4.79 Å². The lowest BCUT2D eigenvalue weighted by Gasteiger charge is -2.12. The van der Waals surface area contributed by atoms with Crippen molar-refractivity contribution in [2.24, 2.45) is 0 Å². The predicted molar refractivity (Wildman–Crippen MR) is 70.7 cm³/mol. The summed E-state index contributed by atoms with van der Waals surface area (Å²) in [6, 6.07) is 2.93. The summed E-state index contributed by atoms with van der Waals surface area (Å²) >= 11 is 11.6. The van der Waals surface area contributed by atoms with E-state index in [1.165, 1.54) is 12.1 Å². The molecule has 0 aliphatic rings. The third kappa shape index (κ3) is 3.79. The molecule has 94 valence electrons. The Kier molecular flexibility index (Phi) is 5.09. The lowest BCUT2D eigenvalue weighted by atomic mass is 10.2. The average Bonchev–Trinajstić information content (AvgIpc) is 2.25. The molecule has 0 saturated carbocycles. The molecule has 0 aliphatic heterocycles. The van der Waals surface area contributed by atoms with Gasteiger partial charge in [0.1, 0.15) is 0 Å². The van der Waals surface area contributed by atoms with Crippen LogP contribution in [0.3, 0.4) is 0 Å². The van der Waals surface area contributed by atoms with Crippen LogP contribution in [0.2, 0.25) is 10.0 Å². The topological polar surface area (TPSA) is 52.3 Å². The van der Waals surface area contributed by atoms with Gasteiger partial charge in [-0.3, -0.25) is 0 Å². The molecule has 1 atom stereocenters. The van der Waals surface area contributed by atoms with Crippen LogP contribution in [-0.4, -0.2) is 12.1 Å². The van der Waals surface area contributed by atoms with Gasteiger partial charge in [0.25, 0.3) is 0 Å². The Morgan fingerprint density at radius 1 is 1.47 bits per heavy atom. The molecule has 0 radical (unpaired) electrons. The van der Waals surface area contributed by atoms with Crippen LogP contribution in [0.4, 0.5) is 5.69 Å². The first-order chi connectivity index (χ1) is 7.95.